The molecule has 4 heteroatoms. The van der Waals surface area contributed by atoms with Gasteiger partial charge in [-0.25, -0.2) is 4.39 Å². The fraction of sp³-hybridized carbons (Fsp3) is 0.667. The van der Waals surface area contributed by atoms with Crippen LogP contribution in [-0.4, -0.2) is 18.6 Å². The number of carbonyl (C=O) groups excluding carboxylic acids is 2. The van der Waals surface area contributed by atoms with Crippen LogP contribution < -0.4 is 0 Å². The lowest BCUT2D eigenvalue weighted by Crippen LogP contribution is -2.14. The van der Waals surface area contributed by atoms with Gasteiger partial charge in [0.15, 0.2) is 0 Å². The van der Waals surface area contributed by atoms with Crippen molar-refractivity contribution in [2.75, 3.05) is 6.86 Å². The molecule has 1 rings (SSSR count). The minimum Gasteiger partial charge on any atom is -0.434 e. The molecule has 0 aromatic rings. The Labute approximate surface area is 94.7 Å². The molecule has 1 saturated carbocycles. The first-order valence-corrected chi connectivity index (χ1v) is 5.51. The van der Waals surface area contributed by atoms with Crippen molar-refractivity contribution in [2.24, 2.45) is 11.8 Å². The van der Waals surface area contributed by atoms with Crippen LogP contribution in [0.4, 0.5) is 4.39 Å². The second-order valence-electron chi connectivity index (χ2n) is 4.10. The number of hydrogen-bond donors (Lipinski definition) is 0. The average molecular weight is 228 g/mol. The predicted octanol–water partition coefficient (Wildman–Crippen LogP) is 2.41. The first-order chi connectivity index (χ1) is 7.67. The fourth-order valence-corrected chi connectivity index (χ4v) is 2.16. The molecule has 0 aromatic heterocycles. The van der Waals surface area contributed by atoms with E-state index in [0.717, 1.165) is 6.42 Å². The summed E-state index contributed by atoms with van der Waals surface area (Å²) < 4.78 is 16.0. The number of ketones is 1. The summed E-state index contributed by atoms with van der Waals surface area (Å²) in [5.74, 6) is -0.140. The molecular weight excluding hydrogens is 211 g/mol. The molecular formula is C12H17FO3. The van der Waals surface area contributed by atoms with Crippen LogP contribution in [0.2, 0.25) is 0 Å². The van der Waals surface area contributed by atoms with Gasteiger partial charge in [-0.15, -0.1) is 0 Å². The first-order valence-electron chi connectivity index (χ1n) is 5.51. The third-order valence-electron chi connectivity index (χ3n) is 2.97. The molecule has 0 amide bonds. The summed E-state index contributed by atoms with van der Waals surface area (Å²) in [7, 11) is 0. The SMILES string of the molecule is C/C=C\CC1CC(=O)CC1CC(=O)OCF. The van der Waals surface area contributed by atoms with Crippen LogP contribution in [0.25, 0.3) is 0 Å². The summed E-state index contributed by atoms with van der Waals surface area (Å²) >= 11 is 0. The van der Waals surface area contributed by atoms with E-state index in [1.54, 1.807) is 0 Å². The summed E-state index contributed by atoms with van der Waals surface area (Å²) in [6.45, 7) is 0.835. The second-order valence-corrected chi connectivity index (χ2v) is 4.10. The normalized spacial score (nSPS) is 25.2. The molecule has 1 aliphatic carbocycles. The second kappa shape index (κ2) is 6.40. The summed E-state index contributed by atoms with van der Waals surface area (Å²) in [6.07, 6.45) is 5.83. The van der Waals surface area contributed by atoms with Gasteiger partial charge in [0, 0.05) is 19.3 Å². The van der Waals surface area contributed by atoms with Gasteiger partial charge in [-0.2, -0.15) is 0 Å². The minimum absolute atomic E-state index is 0.0164. The van der Waals surface area contributed by atoms with Gasteiger partial charge in [0.2, 0.25) is 6.86 Å². The fourth-order valence-electron chi connectivity index (χ4n) is 2.16. The molecule has 0 aliphatic heterocycles. The maximum atomic E-state index is 11.8. The van der Waals surface area contributed by atoms with Gasteiger partial charge >= 0.3 is 5.97 Å². The standard InChI is InChI=1S/C12H17FO3/c1-2-3-4-9-5-11(14)6-10(9)7-12(15)16-8-13/h2-3,9-10H,4-8H2,1H3/b3-2-. The zero-order valence-electron chi connectivity index (χ0n) is 9.45. The van der Waals surface area contributed by atoms with Gasteiger partial charge < -0.3 is 4.74 Å². The Kier molecular flexibility index (Phi) is 5.15. The summed E-state index contributed by atoms with van der Waals surface area (Å²) in [6, 6.07) is 0. The van der Waals surface area contributed by atoms with E-state index < -0.39 is 12.8 Å². The summed E-state index contributed by atoms with van der Waals surface area (Å²) in [5.41, 5.74) is 0. The van der Waals surface area contributed by atoms with Crippen molar-refractivity contribution < 1.29 is 18.7 Å². The number of alkyl halides is 1. The minimum atomic E-state index is -1.08. The molecule has 0 heterocycles. The Balaban J connectivity index is 2.48. The van der Waals surface area contributed by atoms with Gasteiger partial charge in [0.1, 0.15) is 5.78 Å². The maximum Gasteiger partial charge on any atom is 0.308 e. The van der Waals surface area contributed by atoms with E-state index >= 15 is 0 Å². The molecule has 1 aliphatic rings. The smallest absolute Gasteiger partial charge is 0.308 e. The number of halogens is 1. The molecule has 1 fully saturated rings. The van der Waals surface area contributed by atoms with Crippen molar-refractivity contribution in [3.05, 3.63) is 12.2 Å². The van der Waals surface area contributed by atoms with Gasteiger partial charge in [-0.05, 0) is 25.2 Å². The van der Waals surface area contributed by atoms with Crippen molar-refractivity contribution in [3.8, 4) is 0 Å². The Morgan fingerprint density at radius 1 is 1.50 bits per heavy atom. The molecule has 2 unspecified atom stereocenters. The predicted molar refractivity (Wildman–Crippen MR) is 57.3 cm³/mol. The highest BCUT2D eigenvalue weighted by Gasteiger charge is 2.33. The molecule has 16 heavy (non-hydrogen) atoms. The molecule has 0 bridgehead atoms. The Morgan fingerprint density at radius 3 is 2.81 bits per heavy atom. The van der Waals surface area contributed by atoms with Crippen LogP contribution in [0.5, 0.6) is 0 Å². The molecule has 90 valence electrons. The topological polar surface area (TPSA) is 43.4 Å². The molecule has 0 N–H and O–H groups in total. The number of rotatable bonds is 5. The van der Waals surface area contributed by atoms with Crippen molar-refractivity contribution in [2.45, 2.75) is 32.6 Å². The Hall–Kier alpha value is -1.19. The Morgan fingerprint density at radius 2 is 2.19 bits per heavy atom. The third-order valence-corrected chi connectivity index (χ3v) is 2.97. The lowest BCUT2D eigenvalue weighted by atomic mass is 9.90. The van der Waals surface area contributed by atoms with Crippen LogP contribution in [-0.2, 0) is 14.3 Å². The van der Waals surface area contributed by atoms with E-state index in [0.29, 0.717) is 12.8 Å². The summed E-state index contributed by atoms with van der Waals surface area (Å²) in [5, 5.41) is 0. The largest absolute Gasteiger partial charge is 0.434 e. The van der Waals surface area contributed by atoms with Crippen molar-refractivity contribution in [3.63, 3.8) is 0 Å². The number of hydrogen-bond acceptors (Lipinski definition) is 3. The molecule has 0 saturated heterocycles. The molecule has 0 radical (unpaired) electrons. The van der Waals surface area contributed by atoms with E-state index in [9.17, 15) is 14.0 Å². The van der Waals surface area contributed by atoms with Crippen LogP contribution in [0.3, 0.4) is 0 Å². The quantitative estimate of drug-likeness (QED) is 0.536. The van der Waals surface area contributed by atoms with Gasteiger partial charge in [-0.3, -0.25) is 9.59 Å². The van der Waals surface area contributed by atoms with Crippen molar-refractivity contribution >= 4 is 11.8 Å². The summed E-state index contributed by atoms with van der Waals surface area (Å²) in [4.78, 5) is 22.4. The highest BCUT2D eigenvalue weighted by molar-refractivity contribution is 5.82. The lowest BCUT2D eigenvalue weighted by molar-refractivity contribution is -0.149. The number of Topliss-reactive ketones (excluding diaryl/α,β-unsaturated/α-hetero) is 1. The van der Waals surface area contributed by atoms with E-state index in [-0.39, 0.29) is 24.0 Å². The van der Waals surface area contributed by atoms with Crippen LogP contribution in [0.15, 0.2) is 12.2 Å². The van der Waals surface area contributed by atoms with Crippen molar-refractivity contribution in [1.82, 2.24) is 0 Å². The molecule has 0 aromatic carbocycles. The third kappa shape index (κ3) is 3.76. The number of ether oxygens (including phenoxy) is 1. The Bertz CT molecular complexity index is 286. The van der Waals surface area contributed by atoms with Crippen LogP contribution in [0.1, 0.15) is 32.6 Å². The van der Waals surface area contributed by atoms with Gasteiger partial charge in [-0.1, -0.05) is 12.2 Å². The highest BCUT2D eigenvalue weighted by atomic mass is 19.1. The molecule has 3 nitrogen and oxygen atoms in total. The first kappa shape index (κ1) is 12.9. The number of allylic oxidation sites excluding steroid dienone is 2. The number of esters is 1. The molecule has 0 spiro atoms. The van der Waals surface area contributed by atoms with E-state index in [2.05, 4.69) is 4.74 Å². The monoisotopic (exact) mass is 228 g/mol. The average Bonchev–Trinajstić information content (AvgIpc) is 2.56. The van der Waals surface area contributed by atoms with Gasteiger partial charge in [0.05, 0.1) is 0 Å². The highest BCUT2D eigenvalue weighted by Crippen LogP contribution is 2.34. The lowest BCUT2D eigenvalue weighted by Gasteiger charge is -2.15. The van der Waals surface area contributed by atoms with E-state index in [1.165, 1.54) is 0 Å². The van der Waals surface area contributed by atoms with E-state index in [4.69, 9.17) is 0 Å². The molecule has 2 atom stereocenters. The van der Waals surface area contributed by atoms with Crippen molar-refractivity contribution in [1.29, 1.82) is 0 Å². The van der Waals surface area contributed by atoms with Crippen LogP contribution in [0, 0.1) is 11.8 Å². The zero-order chi connectivity index (χ0) is 12.0. The van der Waals surface area contributed by atoms with Gasteiger partial charge in [0.25, 0.3) is 0 Å². The number of carbonyl (C=O) groups is 2. The van der Waals surface area contributed by atoms with Crippen LogP contribution >= 0.6 is 0 Å². The maximum absolute atomic E-state index is 11.8. The zero-order valence-corrected chi connectivity index (χ0v) is 9.45. The van der Waals surface area contributed by atoms with E-state index in [1.807, 2.05) is 19.1 Å².